The molecule has 0 aromatic heterocycles. The number of nitrogens with zero attached hydrogens (tertiary/aromatic N) is 1. The number of halogens is 2. The molecule has 0 spiro atoms. The number of guanidine groups is 1. The standard InChI is InChI=1S/C20H19F2N3O3/c1-2-12-3-5-13(6-4-12)16-11-17(26)24-20(23-16)25-18(27)14-7-9-15(10-8-14)28-19(21)22/h3-10,16,19H,2,11H2,1H3,(H2,23,24,25,26,27)/t16-/m1/s1. The summed E-state index contributed by atoms with van der Waals surface area (Å²) in [5.41, 5.74) is 2.28. The summed E-state index contributed by atoms with van der Waals surface area (Å²) in [6.07, 6.45) is 1.10. The van der Waals surface area contributed by atoms with Gasteiger partial charge in [0, 0.05) is 5.56 Å². The molecule has 2 N–H and O–H groups in total. The van der Waals surface area contributed by atoms with Crippen molar-refractivity contribution in [2.75, 3.05) is 0 Å². The van der Waals surface area contributed by atoms with Crippen LogP contribution in [0.15, 0.2) is 53.5 Å². The molecule has 0 bridgehead atoms. The molecule has 0 radical (unpaired) electrons. The van der Waals surface area contributed by atoms with Crippen molar-refractivity contribution in [1.29, 1.82) is 0 Å². The minimum atomic E-state index is -2.94. The van der Waals surface area contributed by atoms with Gasteiger partial charge in [0.05, 0.1) is 12.5 Å². The molecule has 2 aromatic carbocycles. The topological polar surface area (TPSA) is 79.8 Å². The van der Waals surface area contributed by atoms with Crippen molar-refractivity contribution in [2.45, 2.75) is 32.4 Å². The molecule has 28 heavy (non-hydrogen) atoms. The predicted molar refractivity (Wildman–Crippen MR) is 99.3 cm³/mol. The molecular formula is C20H19F2N3O3. The Bertz CT molecular complexity index is 881. The van der Waals surface area contributed by atoms with Gasteiger partial charge in [0.1, 0.15) is 5.75 Å². The number of carbonyl (C=O) groups is 2. The lowest BCUT2D eigenvalue weighted by atomic mass is 10.0. The van der Waals surface area contributed by atoms with Crippen molar-refractivity contribution in [2.24, 2.45) is 4.99 Å². The Labute approximate surface area is 160 Å². The molecule has 0 aliphatic carbocycles. The van der Waals surface area contributed by atoms with E-state index in [0.29, 0.717) is 0 Å². The van der Waals surface area contributed by atoms with Crippen LogP contribution >= 0.6 is 0 Å². The summed E-state index contributed by atoms with van der Waals surface area (Å²) in [6.45, 7) is -0.879. The Morgan fingerprint density at radius 2 is 1.89 bits per heavy atom. The van der Waals surface area contributed by atoms with E-state index in [1.54, 1.807) is 0 Å². The van der Waals surface area contributed by atoms with Gasteiger partial charge in [-0.25, -0.2) is 4.99 Å². The Morgan fingerprint density at radius 3 is 2.50 bits per heavy atom. The average molecular weight is 387 g/mol. The van der Waals surface area contributed by atoms with Crippen molar-refractivity contribution >= 4 is 17.8 Å². The van der Waals surface area contributed by atoms with E-state index in [1.165, 1.54) is 29.8 Å². The van der Waals surface area contributed by atoms with Crippen LogP contribution in [0.25, 0.3) is 0 Å². The normalized spacial score (nSPS) is 16.4. The highest BCUT2D eigenvalue weighted by Crippen LogP contribution is 2.24. The molecule has 1 aliphatic rings. The van der Waals surface area contributed by atoms with Crippen LogP contribution in [0.2, 0.25) is 0 Å². The number of hydrogen-bond donors (Lipinski definition) is 2. The van der Waals surface area contributed by atoms with E-state index < -0.39 is 18.6 Å². The van der Waals surface area contributed by atoms with E-state index in [-0.39, 0.29) is 29.6 Å². The fraction of sp³-hybridized carbons (Fsp3) is 0.250. The monoisotopic (exact) mass is 387 g/mol. The minimum absolute atomic E-state index is 0.0505. The van der Waals surface area contributed by atoms with Crippen LogP contribution in [0.3, 0.4) is 0 Å². The molecule has 146 valence electrons. The highest BCUT2D eigenvalue weighted by atomic mass is 19.3. The zero-order valence-corrected chi connectivity index (χ0v) is 15.1. The molecule has 0 saturated carbocycles. The van der Waals surface area contributed by atoms with Gasteiger partial charge in [-0.3, -0.25) is 20.2 Å². The van der Waals surface area contributed by atoms with Crippen LogP contribution in [-0.4, -0.2) is 24.4 Å². The summed E-state index contributed by atoms with van der Waals surface area (Å²) >= 11 is 0. The van der Waals surface area contributed by atoms with Crippen molar-refractivity contribution in [1.82, 2.24) is 10.6 Å². The van der Waals surface area contributed by atoms with E-state index in [9.17, 15) is 18.4 Å². The van der Waals surface area contributed by atoms with Crippen LogP contribution in [-0.2, 0) is 11.2 Å². The third kappa shape index (κ3) is 4.91. The summed E-state index contributed by atoms with van der Waals surface area (Å²) < 4.78 is 28.6. The smallest absolute Gasteiger partial charge is 0.387 e. The second kappa shape index (κ2) is 8.60. The molecule has 1 heterocycles. The average Bonchev–Trinajstić information content (AvgIpc) is 2.67. The number of hydrogen-bond acceptors (Lipinski definition) is 4. The maximum Gasteiger partial charge on any atom is 0.387 e. The largest absolute Gasteiger partial charge is 0.435 e. The van der Waals surface area contributed by atoms with Crippen molar-refractivity contribution < 1.29 is 23.1 Å². The second-order valence-electron chi connectivity index (χ2n) is 6.20. The van der Waals surface area contributed by atoms with Gasteiger partial charge >= 0.3 is 6.61 Å². The lowest BCUT2D eigenvalue weighted by Crippen LogP contribution is -2.47. The Morgan fingerprint density at radius 1 is 1.21 bits per heavy atom. The van der Waals surface area contributed by atoms with Crippen molar-refractivity contribution in [3.63, 3.8) is 0 Å². The van der Waals surface area contributed by atoms with E-state index in [0.717, 1.165) is 12.0 Å². The molecule has 0 unspecified atom stereocenters. The number of aliphatic imine (C=N–C) groups is 1. The number of benzene rings is 2. The maximum absolute atomic E-state index is 12.3. The zero-order chi connectivity index (χ0) is 20.1. The van der Waals surface area contributed by atoms with Gasteiger partial charge in [-0.05, 0) is 41.8 Å². The number of ether oxygens (including phenoxy) is 1. The van der Waals surface area contributed by atoms with Crippen molar-refractivity contribution in [3.8, 4) is 5.75 Å². The molecule has 3 rings (SSSR count). The fourth-order valence-electron chi connectivity index (χ4n) is 2.79. The predicted octanol–water partition coefficient (Wildman–Crippen LogP) is 3.20. The Kier molecular flexibility index (Phi) is 5.98. The van der Waals surface area contributed by atoms with Gasteiger partial charge in [-0.1, -0.05) is 31.2 Å². The van der Waals surface area contributed by atoms with E-state index in [1.807, 2.05) is 24.3 Å². The summed E-state index contributed by atoms with van der Waals surface area (Å²) in [5, 5.41) is 5.07. The number of rotatable bonds is 5. The summed E-state index contributed by atoms with van der Waals surface area (Å²) in [6, 6.07) is 12.6. The third-order valence-electron chi connectivity index (χ3n) is 4.27. The molecule has 8 heteroatoms. The number of carbonyl (C=O) groups excluding carboxylic acids is 2. The molecule has 2 aromatic rings. The third-order valence-corrected chi connectivity index (χ3v) is 4.27. The molecule has 0 saturated heterocycles. The molecule has 6 nitrogen and oxygen atoms in total. The van der Waals surface area contributed by atoms with E-state index in [4.69, 9.17) is 0 Å². The number of amides is 2. The van der Waals surface area contributed by atoms with Gasteiger partial charge in [0.15, 0.2) is 0 Å². The lowest BCUT2D eigenvalue weighted by molar-refractivity contribution is -0.120. The molecule has 1 atom stereocenters. The van der Waals surface area contributed by atoms with Crippen LogP contribution in [0.5, 0.6) is 5.75 Å². The van der Waals surface area contributed by atoms with Crippen LogP contribution < -0.4 is 15.4 Å². The van der Waals surface area contributed by atoms with Crippen molar-refractivity contribution in [3.05, 3.63) is 65.2 Å². The molecule has 2 amide bonds. The Balaban J connectivity index is 1.71. The first-order chi connectivity index (χ1) is 13.4. The number of nitrogens with one attached hydrogen (secondary N) is 2. The fourth-order valence-corrected chi connectivity index (χ4v) is 2.79. The van der Waals surface area contributed by atoms with Gasteiger partial charge < -0.3 is 4.74 Å². The highest BCUT2D eigenvalue weighted by molar-refractivity contribution is 6.10. The molecule has 0 fully saturated rings. The lowest BCUT2D eigenvalue weighted by Gasteiger charge is -2.21. The summed E-state index contributed by atoms with van der Waals surface area (Å²) in [4.78, 5) is 28.8. The van der Waals surface area contributed by atoms with Crippen LogP contribution in [0.1, 0.15) is 40.9 Å². The maximum atomic E-state index is 12.3. The summed E-state index contributed by atoms with van der Waals surface area (Å²) in [5.74, 6) is -0.774. The first-order valence-electron chi connectivity index (χ1n) is 8.77. The first kappa shape index (κ1) is 19.5. The highest BCUT2D eigenvalue weighted by Gasteiger charge is 2.23. The Hall–Kier alpha value is -3.29. The molecular weight excluding hydrogens is 368 g/mol. The van der Waals surface area contributed by atoms with Gasteiger partial charge in [0.25, 0.3) is 5.91 Å². The quantitative estimate of drug-likeness (QED) is 0.827. The SMILES string of the molecule is CCc1ccc([C@H]2CC(=O)NC(NC(=O)c3ccc(OC(F)F)cc3)=N2)cc1. The first-order valence-corrected chi connectivity index (χ1v) is 8.77. The van der Waals surface area contributed by atoms with Gasteiger partial charge in [0.2, 0.25) is 11.9 Å². The molecule has 1 aliphatic heterocycles. The minimum Gasteiger partial charge on any atom is -0.435 e. The van der Waals surface area contributed by atoms with E-state index >= 15 is 0 Å². The van der Waals surface area contributed by atoms with Gasteiger partial charge in [-0.15, -0.1) is 0 Å². The van der Waals surface area contributed by atoms with Crippen LogP contribution in [0.4, 0.5) is 8.78 Å². The second-order valence-corrected chi connectivity index (χ2v) is 6.20. The number of aryl methyl sites for hydroxylation is 1. The summed E-state index contributed by atoms with van der Waals surface area (Å²) in [7, 11) is 0. The van der Waals surface area contributed by atoms with E-state index in [2.05, 4.69) is 27.3 Å². The number of alkyl halides is 2. The van der Waals surface area contributed by atoms with Crippen LogP contribution in [0, 0.1) is 0 Å². The zero-order valence-electron chi connectivity index (χ0n) is 15.1. The van der Waals surface area contributed by atoms with Gasteiger partial charge in [-0.2, -0.15) is 8.78 Å².